The van der Waals surface area contributed by atoms with Crippen LogP contribution in [0.15, 0.2) is 0 Å². The van der Waals surface area contributed by atoms with Gasteiger partial charge in [0.15, 0.2) is 0 Å². The average molecular weight is 238 g/mol. The molecule has 1 saturated carbocycles. The van der Waals surface area contributed by atoms with Gasteiger partial charge >= 0.3 is 0 Å². The van der Waals surface area contributed by atoms with Crippen LogP contribution in [0.3, 0.4) is 0 Å². The van der Waals surface area contributed by atoms with Crippen LogP contribution in [0.2, 0.25) is 0 Å². The SMILES string of the molecule is CCC(C)CCCC(CC)C1CCCCCC1. The summed E-state index contributed by atoms with van der Waals surface area (Å²) in [5.41, 5.74) is 0. The Morgan fingerprint density at radius 1 is 0.882 bits per heavy atom. The minimum Gasteiger partial charge on any atom is -0.0651 e. The molecule has 0 aromatic rings. The molecule has 0 heterocycles. The Balaban J connectivity index is 2.25. The van der Waals surface area contributed by atoms with Crippen molar-refractivity contribution in [3.8, 4) is 0 Å². The molecule has 0 N–H and O–H groups in total. The van der Waals surface area contributed by atoms with Gasteiger partial charge in [-0.2, -0.15) is 0 Å². The van der Waals surface area contributed by atoms with Crippen molar-refractivity contribution in [3.05, 3.63) is 0 Å². The van der Waals surface area contributed by atoms with Crippen LogP contribution in [0.1, 0.15) is 91.4 Å². The minimum absolute atomic E-state index is 0.946. The largest absolute Gasteiger partial charge is 0.0651 e. The Hall–Kier alpha value is 0. The van der Waals surface area contributed by atoms with E-state index in [1.54, 1.807) is 0 Å². The lowest BCUT2D eigenvalue weighted by molar-refractivity contribution is 0.261. The van der Waals surface area contributed by atoms with Crippen LogP contribution in [0.4, 0.5) is 0 Å². The zero-order chi connectivity index (χ0) is 12.5. The Morgan fingerprint density at radius 2 is 1.53 bits per heavy atom. The maximum atomic E-state index is 2.42. The minimum atomic E-state index is 0.946. The van der Waals surface area contributed by atoms with Gasteiger partial charge in [0.1, 0.15) is 0 Å². The predicted octanol–water partition coefficient (Wildman–Crippen LogP) is 6.20. The van der Waals surface area contributed by atoms with Crippen molar-refractivity contribution in [1.82, 2.24) is 0 Å². The molecule has 0 aromatic carbocycles. The van der Waals surface area contributed by atoms with Crippen molar-refractivity contribution in [2.24, 2.45) is 17.8 Å². The highest BCUT2D eigenvalue weighted by Gasteiger charge is 2.20. The summed E-state index contributed by atoms with van der Waals surface area (Å²) in [4.78, 5) is 0. The predicted molar refractivity (Wildman–Crippen MR) is 78.3 cm³/mol. The van der Waals surface area contributed by atoms with Gasteiger partial charge in [-0.05, 0) is 17.8 Å². The summed E-state index contributed by atoms with van der Waals surface area (Å²) < 4.78 is 0. The Kier molecular flexibility index (Phi) is 7.97. The monoisotopic (exact) mass is 238 g/mol. The van der Waals surface area contributed by atoms with E-state index in [0.29, 0.717) is 0 Å². The maximum Gasteiger partial charge on any atom is -0.0386 e. The lowest BCUT2D eigenvalue weighted by Crippen LogP contribution is -2.14. The van der Waals surface area contributed by atoms with E-state index >= 15 is 0 Å². The van der Waals surface area contributed by atoms with E-state index in [4.69, 9.17) is 0 Å². The Morgan fingerprint density at radius 3 is 2.06 bits per heavy atom. The van der Waals surface area contributed by atoms with E-state index in [2.05, 4.69) is 20.8 Å². The first-order valence-electron chi connectivity index (χ1n) is 8.27. The standard InChI is InChI=1S/C17H34/c1-4-15(3)11-10-14-16(5-2)17-12-8-6-7-9-13-17/h15-17H,4-14H2,1-3H3. The first kappa shape index (κ1) is 15.1. The number of hydrogen-bond acceptors (Lipinski definition) is 0. The molecule has 102 valence electrons. The summed E-state index contributed by atoms with van der Waals surface area (Å²) in [5, 5.41) is 0. The molecule has 1 fully saturated rings. The third-order valence-electron chi connectivity index (χ3n) is 5.06. The molecule has 1 aliphatic carbocycles. The molecule has 0 radical (unpaired) electrons. The fourth-order valence-corrected chi connectivity index (χ4v) is 3.49. The molecule has 0 heteroatoms. The van der Waals surface area contributed by atoms with Crippen molar-refractivity contribution in [2.45, 2.75) is 91.4 Å². The molecule has 0 aliphatic heterocycles. The van der Waals surface area contributed by atoms with Gasteiger partial charge in [0, 0.05) is 0 Å². The van der Waals surface area contributed by atoms with Crippen molar-refractivity contribution in [1.29, 1.82) is 0 Å². The lowest BCUT2D eigenvalue weighted by Gasteiger charge is -2.25. The molecular formula is C17H34. The van der Waals surface area contributed by atoms with Crippen molar-refractivity contribution in [3.63, 3.8) is 0 Å². The van der Waals surface area contributed by atoms with Crippen LogP contribution in [0.25, 0.3) is 0 Å². The summed E-state index contributed by atoms with van der Waals surface area (Å²) >= 11 is 0. The summed E-state index contributed by atoms with van der Waals surface area (Å²) in [6.45, 7) is 7.15. The first-order valence-corrected chi connectivity index (χ1v) is 8.27. The molecule has 2 unspecified atom stereocenters. The molecule has 0 saturated heterocycles. The van der Waals surface area contributed by atoms with E-state index in [-0.39, 0.29) is 0 Å². The van der Waals surface area contributed by atoms with Crippen LogP contribution in [-0.4, -0.2) is 0 Å². The summed E-state index contributed by atoms with van der Waals surface area (Å²) in [7, 11) is 0. The van der Waals surface area contributed by atoms with Gasteiger partial charge in [0.25, 0.3) is 0 Å². The second kappa shape index (κ2) is 9.00. The van der Waals surface area contributed by atoms with E-state index in [0.717, 1.165) is 17.8 Å². The third-order valence-corrected chi connectivity index (χ3v) is 5.06. The van der Waals surface area contributed by atoms with Crippen molar-refractivity contribution in [2.75, 3.05) is 0 Å². The van der Waals surface area contributed by atoms with Gasteiger partial charge in [0.2, 0.25) is 0 Å². The highest BCUT2D eigenvalue weighted by molar-refractivity contribution is 4.72. The molecule has 0 amide bonds. The maximum absolute atomic E-state index is 2.42. The lowest BCUT2D eigenvalue weighted by atomic mass is 9.80. The van der Waals surface area contributed by atoms with E-state index in [1.165, 1.54) is 70.6 Å². The van der Waals surface area contributed by atoms with E-state index in [1.807, 2.05) is 0 Å². The average Bonchev–Trinajstić information content (AvgIpc) is 2.63. The van der Waals surface area contributed by atoms with Crippen molar-refractivity contribution < 1.29 is 0 Å². The van der Waals surface area contributed by atoms with E-state index < -0.39 is 0 Å². The van der Waals surface area contributed by atoms with E-state index in [9.17, 15) is 0 Å². The van der Waals surface area contributed by atoms with Gasteiger partial charge in [0.05, 0.1) is 0 Å². The topological polar surface area (TPSA) is 0 Å². The van der Waals surface area contributed by atoms with Crippen LogP contribution in [0.5, 0.6) is 0 Å². The molecule has 17 heavy (non-hydrogen) atoms. The smallest absolute Gasteiger partial charge is 0.0386 e. The molecule has 0 spiro atoms. The highest BCUT2D eigenvalue weighted by Crippen LogP contribution is 2.33. The molecule has 1 rings (SSSR count). The quantitative estimate of drug-likeness (QED) is 0.463. The Bertz CT molecular complexity index is 165. The molecule has 0 bridgehead atoms. The van der Waals surface area contributed by atoms with Gasteiger partial charge in [-0.3, -0.25) is 0 Å². The summed E-state index contributed by atoms with van der Waals surface area (Å²) in [6, 6.07) is 0. The van der Waals surface area contributed by atoms with Gasteiger partial charge in [-0.1, -0.05) is 91.4 Å². The first-order chi connectivity index (χ1) is 8.27. The second-order valence-corrected chi connectivity index (χ2v) is 6.36. The third kappa shape index (κ3) is 5.93. The molecular weight excluding hydrogens is 204 g/mol. The Labute approximate surface area is 110 Å². The number of rotatable bonds is 7. The summed E-state index contributed by atoms with van der Waals surface area (Å²) in [6.07, 6.45) is 16.3. The second-order valence-electron chi connectivity index (χ2n) is 6.36. The van der Waals surface area contributed by atoms with Gasteiger partial charge in [-0.25, -0.2) is 0 Å². The molecule has 1 aliphatic rings. The van der Waals surface area contributed by atoms with Crippen LogP contribution < -0.4 is 0 Å². The van der Waals surface area contributed by atoms with Crippen LogP contribution >= 0.6 is 0 Å². The molecule has 2 atom stereocenters. The normalized spacial score (nSPS) is 22.1. The molecule has 0 aromatic heterocycles. The summed E-state index contributed by atoms with van der Waals surface area (Å²) in [5.74, 6) is 3.05. The van der Waals surface area contributed by atoms with Crippen molar-refractivity contribution >= 4 is 0 Å². The molecule has 0 nitrogen and oxygen atoms in total. The number of hydrogen-bond donors (Lipinski definition) is 0. The van der Waals surface area contributed by atoms with Crippen LogP contribution in [0, 0.1) is 17.8 Å². The van der Waals surface area contributed by atoms with Gasteiger partial charge < -0.3 is 0 Å². The highest BCUT2D eigenvalue weighted by atomic mass is 14.3. The zero-order valence-electron chi connectivity index (χ0n) is 12.5. The zero-order valence-corrected chi connectivity index (χ0v) is 12.5. The van der Waals surface area contributed by atoms with Crippen LogP contribution in [-0.2, 0) is 0 Å². The van der Waals surface area contributed by atoms with Gasteiger partial charge in [-0.15, -0.1) is 0 Å². The fourth-order valence-electron chi connectivity index (χ4n) is 3.49. The fraction of sp³-hybridized carbons (Fsp3) is 1.00.